The Labute approximate surface area is 143 Å². The fourth-order valence-electron chi connectivity index (χ4n) is 3.21. The quantitative estimate of drug-likeness (QED) is 0.769. The van der Waals surface area contributed by atoms with Crippen LogP contribution in [0.2, 0.25) is 0 Å². The molecule has 1 fully saturated rings. The van der Waals surface area contributed by atoms with E-state index in [1.807, 2.05) is 18.3 Å². The van der Waals surface area contributed by atoms with Crippen molar-refractivity contribution >= 4 is 22.8 Å². The molecule has 0 bridgehead atoms. The number of aromatic nitrogens is 6. The molecule has 0 unspecified atom stereocenters. The molecule has 0 spiro atoms. The van der Waals surface area contributed by atoms with Gasteiger partial charge in [-0.15, -0.1) is 26.2 Å². The first-order valence-electron chi connectivity index (χ1n) is 8.13. The highest BCUT2D eigenvalue weighted by Gasteiger charge is 2.26. The Hall–Kier alpha value is -2.13. The third-order valence-electron chi connectivity index (χ3n) is 4.44. The van der Waals surface area contributed by atoms with Crippen molar-refractivity contribution in [3.8, 4) is 0 Å². The number of nitrogens with zero attached hydrogens (tertiary/aromatic N) is 7. The van der Waals surface area contributed by atoms with Gasteiger partial charge in [-0.2, -0.15) is 0 Å². The summed E-state index contributed by atoms with van der Waals surface area (Å²) in [7, 11) is 0. The number of hydrogen-bond donors (Lipinski definition) is 1. The number of likely N-dealkylation sites (tertiary alicyclic amines) is 1. The van der Waals surface area contributed by atoms with Crippen LogP contribution >= 0.6 is 11.3 Å². The number of hydrogen-bond acceptors (Lipinski definition) is 8. The maximum absolute atomic E-state index is 4.40. The Morgan fingerprint density at radius 3 is 3.08 bits per heavy atom. The molecule has 3 aromatic rings. The van der Waals surface area contributed by atoms with Crippen molar-refractivity contribution in [1.29, 1.82) is 0 Å². The van der Waals surface area contributed by atoms with Gasteiger partial charge in [0.25, 0.3) is 0 Å². The lowest BCUT2D eigenvalue weighted by Gasteiger charge is -2.37. The number of fused-ring (bicyclic) bond motifs is 1. The molecule has 0 aromatic carbocycles. The lowest BCUT2D eigenvalue weighted by atomic mass is 9.94. The molecule has 1 aliphatic heterocycles. The van der Waals surface area contributed by atoms with Gasteiger partial charge in [0.1, 0.15) is 5.82 Å². The van der Waals surface area contributed by atoms with E-state index < -0.39 is 0 Å². The van der Waals surface area contributed by atoms with E-state index in [-0.39, 0.29) is 0 Å². The van der Waals surface area contributed by atoms with E-state index >= 15 is 0 Å². The Kier molecular flexibility index (Phi) is 4.11. The number of tetrazole rings is 1. The third kappa shape index (κ3) is 3.22. The lowest BCUT2D eigenvalue weighted by Crippen LogP contribution is -2.44. The van der Waals surface area contributed by atoms with Crippen molar-refractivity contribution < 1.29 is 0 Å². The minimum atomic E-state index is 0.408. The molecule has 4 heterocycles. The van der Waals surface area contributed by atoms with Gasteiger partial charge in [-0.1, -0.05) is 6.92 Å². The molecule has 3 aromatic heterocycles. The molecule has 1 N–H and O–H groups in total. The molecule has 1 aliphatic rings. The van der Waals surface area contributed by atoms with Crippen LogP contribution in [0.4, 0.5) is 5.82 Å². The number of rotatable bonds is 4. The molecule has 0 amide bonds. The molecule has 4 rings (SSSR count). The van der Waals surface area contributed by atoms with Gasteiger partial charge in [-0.25, -0.2) is 4.98 Å². The van der Waals surface area contributed by atoms with Crippen LogP contribution in [-0.2, 0) is 6.54 Å². The van der Waals surface area contributed by atoms with Crippen LogP contribution in [0, 0.1) is 12.8 Å². The minimum Gasteiger partial charge on any atom is -0.365 e. The predicted octanol–water partition coefficient (Wildman–Crippen LogP) is 1.61. The molecule has 0 saturated carbocycles. The first kappa shape index (κ1) is 15.4. The smallest absolute Gasteiger partial charge is 0.200 e. The van der Waals surface area contributed by atoms with E-state index in [9.17, 15) is 0 Å². The van der Waals surface area contributed by atoms with E-state index in [0.717, 1.165) is 36.9 Å². The first-order chi connectivity index (χ1) is 11.7. The molecule has 0 aliphatic carbocycles. The maximum Gasteiger partial charge on any atom is 0.200 e. The lowest BCUT2D eigenvalue weighted by molar-refractivity contribution is 0.165. The van der Waals surface area contributed by atoms with Crippen LogP contribution in [0.25, 0.3) is 5.65 Å². The second-order valence-corrected chi connectivity index (χ2v) is 7.66. The first-order valence-corrected chi connectivity index (χ1v) is 8.94. The van der Waals surface area contributed by atoms with Crippen molar-refractivity contribution in [3.05, 3.63) is 28.2 Å². The Bertz CT molecular complexity index is 828. The molecule has 9 heteroatoms. The normalized spacial score (nSPS) is 22.1. The Morgan fingerprint density at radius 2 is 2.29 bits per heavy atom. The Morgan fingerprint density at radius 1 is 1.38 bits per heavy atom. The summed E-state index contributed by atoms with van der Waals surface area (Å²) in [6.07, 6.45) is 3.09. The molecule has 126 valence electrons. The van der Waals surface area contributed by atoms with Gasteiger partial charge in [-0.05, 0) is 41.8 Å². The zero-order valence-corrected chi connectivity index (χ0v) is 14.6. The van der Waals surface area contributed by atoms with Crippen LogP contribution < -0.4 is 5.32 Å². The average Bonchev–Trinajstić information content (AvgIpc) is 3.18. The van der Waals surface area contributed by atoms with E-state index in [2.05, 4.69) is 49.7 Å². The van der Waals surface area contributed by atoms with Crippen LogP contribution in [0.3, 0.4) is 0 Å². The minimum absolute atomic E-state index is 0.408. The monoisotopic (exact) mass is 344 g/mol. The summed E-state index contributed by atoms with van der Waals surface area (Å²) in [5, 5.41) is 20.4. The second-order valence-electron chi connectivity index (χ2n) is 6.34. The van der Waals surface area contributed by atoms with Crippen LogP contribution in [0.5, 0.6) is 0 Å². The van der Waals surface area contributed by atoms with Gasteiger partial charge in [-0.3, -0.25) is 4.90 Å². The summed E-state index contributed by atoms with van der Waals surface area (Å²) in [6, 6.07) is 4.22. The highest BCUT2D eigenvalue weighted by Crippen LogP contribution is 2.23. The average molecular weight is 344 g/mol. The van der Waals surface area contributed by atoms with Crippen molar-refractivity contribution in [2.75, 3.05) is 18.4 Å². The number of aryl methyl sites for hydroxylation is 1. The second kappa shape index (κ2) is 6.40. The van der Waals surface area contributed by atoms with Gasteiger partial charge in [0.05, 0.1) is 5.01 Å². The van der Waals surface area contributed by atoms with Gasteiger partial charge in [0.2, 0.25) is 0 Å². The zero-order valence-electron chi connectivity index (χ0n) is 13.8. The molecule has 8 nitrogen and oxygen atoms in total. The van der Waals surface area contributed by atoms with E-state index in [1.165, 1.54) is 9.51 Å². The van der Waals surface area contributed by atoms with Gasteiger partial charge < -0.3 is 5.32 Å². The number of nitrogens with one attached hydrogen (secondary N) is 1. The van der Waals surface area contributed by atoms with E-state index in [4.69, 9.17) is 0 Å². The number of anilines is 1. The zero-order chi connectivity index (χ0) is 16.5. The molecule has 24 heavy (non-hydrogen) atoms. The van der Waals surface area contributed by atoms with Gasteiger partial charge >= 0.3 is 0 Å². The standard InChI is InChI=1S/C15H20N8S/c1-10-8-22(9-12-7-16-11(2)24-12)6-5-13(10)17-14-3-4-15-18-20-21-23(15)19-14/h3-4,7,10,13H,5-6,8-9H2,1-2H3,(H,17,19)/t10-,13+/m1/s1. The molecular formula is C15H20N8S. The Balaban J connectivity index is 1.37. The fourth-order valence-corrected chi connectivity index (χ4v) is 4.04. The van der Waals surface area contributed by atoms with Crippen LogP contribution in [-0.4, -0.2) is 54.3 Å². The van der Waals surface area contributed by atoms with Crippen molar-refractivity contribution in [2.24, 2.45) is 5.92 Å². The summed E-state index contributed by atoms with van der Waals surface area (Å²) in [4.78, 5) is 8.20. The molecule has 1 saturated heterocycles. The fraction of sp³-hybridized carbons (Fsp3) is 0.533. The summed E-state index contributed by atoms with van der Waals surface area (Å²) in [6.45, 7) is 7.49. The van der Waals surface area contributed by atoms with Crippen molar-refractivity contribution in [2.45, 2.75) is 32.9 Å². The number of piperidine rings is 1. The summed E-state index contributed by atoms with van der Waals surface area (Å²) < 4.78 is 1.45. The largest absolute Gasteiger partial charge is 0.365 e. The summed E-state index contributed by atoms with van der Waals surface area (Å²) in [5.74, 6) is 1.36. The van der Waals surface area contributed by atoms with Crippen molar-refractivity contribution in [1.82, 2.24) is 35.1 Å². The van der Waals surface area contributed by atoms with E-state index in [1.54, 1.807) is 11.3 Å². The molecule has 2 atom stereocenters. The van der Waals surface area contributed by atoms with Crippen LogP contribution in [0.1, 0.15) is 23.2 Å². The highest BCUT2D eigenvalue weighted by molar-refractivity contribution is 7.11. The SMILES string of the molecule is Cc1ncc(CN2CC[C@H](Nc3ccc4nnnn4n3)[C@H](C)C2)s1. The van der Waals surface area contributed by atoms with Gasteiger partial charge in [0.15, 0.2) is 5.65 Å². The van der Waals surface area contributed by atoms with Gasteiger partial charge in [0, 0.05) is 36.8 Å². The molecule has 0 radical (unpaired) electrons. The van der Waals surface area contributed by atoms with Crippen LogP contribution in [0.15, 0.2) is 18.3 Å². The van der Waals surface area contributed by atoms with Crippen molar-refractivity contribution in [3.63, 3.8) is 0 Å². The highest BCUT2D eigenvalue weighted by atomic mass is 32.1. The third-order valence-corrected chi connectivity index (χ3v) is 5.34. The van der Waals surface area contributed by atoms with E-state index in [0.29, 0.717) is 17.6 Å². The summed E-state index contributed by atoms with van der Waals surface area (Å²) >= 11 is 1.79. The number of thiazole rings is 1. The summed E-state index contributed by atoms with van der Waals surface area (Å²) in [5.41, 5.74) is 0.656. The predicted molar refractivity (Wildman–Crippen MR) is 91.9 cm³/mol. The molecular weight excluding hydrogens is 324 g/mol. The topological polar surface area (TPSA) is 84.1 Å². The maximum atomic E-state index is 4.40.